The first kappa shape index (κ1) is 25.5. The number of ether oxygens (including phenoxy) is 2. The van der Waals surface area contributed by atoms with Crippen LogP contribution in [0.15, 0.2) is 46.3 Å². The van der Waals surface area contributed by atoms with Crippen molar-refractivity contribution in [3.8, 4) is 0 Å². The minimum atomic E-state index is -0.810. The van der Waals surface area contributed by atoms with Gasteiger partial charge in [-0.2, -0.15) is 0 Å². The number of hydrogen-bond donors (Lipinski definition) is 1. The van der Waals surface area contributed by atoms with Crippen LogP contribution < -0.4 is 0 Å². The summed E-state index contributed by atoms with van der Waals surface area (Å²) in [6, 6.07) is -0.292. The zero-order chi connectivity index (χ0) is 25.3. The minimum Gasteiger partial charge on any atom is -0.457 e. The van der Waals surface area contributed by atoms with Crippen molar-refractivity contribution >= 4 is 41.1 Å². The highest BCUT2D eigenvalue weighted by atomic mass is 32.2. The summed E-state index contributed by atoms with van der Waals surface area (Å²) in [6.45, 7) is 12.0. The SMILES string of the molecule is C=CCOC(=O)C1=C(Sc2csc([C@@H]3CCN(C(=O)OCC=C)C3)n2)[C@H](C)[C@@H]2[C@@H]([C@@H](C)O)C(=O)N12. The van der Waals surface area contributed by atoms with Gasteiger partial charge in [-0.3, -0.25) is 4.79 Å². The molecule has 3 aliphatic heterocycles. The molecule has 3 aliphatic rings. The fourth-order valence-corrected chi connectivity index (χ4v) is 7.00. The Bertz CT molecular complexity index is 1070. The third kappa shape index (κ3) is 4.76. The molecule has 5 atom stereocenters. The van der Waals surface area contributed by atoms with Crippen LogP contribution in [0.25, 0.3) is 0 Å². The number of amides is 2. The smallest absolute Gasteiger partial charge is 0.410 e. The zero-order valence-electron chi connectivity index (χ0n) is 19.7. The first-order valence-corrected chi connectivity index (χ1v) is 13.2. The number of aromatic nitrogens is 1. The van der Waals surface area contributed by atoms with Gasteiger partial charge in [-0.15, -0.1) is 11.3 Å². The van der Waals surface area contributed by atoms with Crippen LogP contribution in [-0.4, -0.2) is 76.3 Å². The number of aliphatic hydroxyl groups is 1. The standard InChI is InChI=1S/C24H29N3O6S2/c1-5-9-32-23(30)19-20(13(3)18-17(14(4)28)22(29)27(18)19)35-16-12-34-21(25-16)15-7-8-26(11-15)24(31)33-10-6-2/h5-6,12-15,17-18,28H,1-2,7-11H2,3-4H3/t13-,14-,15-,17-,18-/m1/s1. The van der Waals surface area contributed by atoms with Gasteiger partial charge in [0, 0.05) is 35.2 Å². The van der Waals surface area contributed by atoms with E-state index in [0.29, 0.717) is 18.0 Å². The molecule has 11 heteroatoms. The number of carbonyl (C=O) groups is 3. The molecule has 4 heterocycles. The van der Waals surface area contributed by atoms with Crippen molar-refractivity contribution in [3.05, 3.63) is 46.3 Å². The molecule has 4 rings (SSSR count). The quantitative estimate of drug-likeness (QED) is 0.301. The van der Waals surface area contributed by atoms with Crippen LogP contribution >= 0.6 is 23.1 Å². The number of thioether (sulfide) groups is 1. The van der Waals surface area contributed by atoms with E-state index in [1.165, 1.54) is 40.2 Å². The van der Waals surface area contributed by atoms with E-state index in [9.17, 15) is 19.5 Å². The molecule has 2 saturated heterocycles. The number of β-lactam (4-membered cyclic amide) rings is 1. The summed E-state index contributed by atoms with van der Waals surface area (Å²) < 4.78 is 10.4. The Balaban J connectivity index is 1.52. The topological polar surface area (TPSA) is 109 Å². The third-order valence-electron chi connectivity index (χ3n) is 6.47. The summed E-state index contributed by atoms with van der Waals surface area (Å²) in [5, 5.41) is 13.7. The van der Waals surface area contributed by atoms with Gasteiger partial charge < -0.3 is 24.4 Å². The average Bonchev–Trinajstić information content (AvgIpc) is 3.54. The summed E-state index contributed by atoms with van der Waals surface area (Å²) in [5.74, 6) is -1.46. The molecule has 1 aromatic rings. The van der Waals surface area contributed by atoms with E-state index in [0.717, 1.165) is 16.5 Å². The van der Waals surface area contributed by atoms with Gasteiger partial charge in [-0.1, -0.05) is 44.0 Å². The fourth-order valence-electron chi connectivity index (χ4n) is 4.82. The van der Waals surface area contributed by atoms with E-state index in [-0.39, 0.29) is 48.8 Å². The van der Waals surface area contributed by atoms with Gasteiger partial charge in [-0.05, 0) is 13.3 Å². The van der Waals surface area contributed by atoms with Crippen LogP contribution in [-0.2, 0) is 19.1 Å². The van der Waals surface area contributed by atoms with Gasteiger partial charge in [0.2, 0.25) is 5.91 Å². The lowest BCUT2D eigenvalue weighted by Gasteiger charge is -2.46. The Morgan fingerprint density at radius 3 is 2.74 bits per heavy atom. The molecule has 0 bridgehead atoms. The first-order valence-electron chi connectivity index (χ1n) is 11.5. The van der Waals surface area contributed by atoms with Crippen LogP contribution in [0.1, 0.15) is 31.2 Å². The van der Waals surface area contributed by atoms with Crippen molar-refractivity contribution in [2.45, 2.75) is 43.4 Å². The molecule has 35 heavy (non-hydrogen) atoms. The molecule has 1 aromatic heterocycles. The number of fused-ring (bicyclic) bond motifs is 1. The Hall–Kier alpha value is -2.63. The van der Waals surface area contributed by atoms with Crippen molar-refractivity contribution in [1.29, 1.82) is 0 Å². The second-order valence-corrected chi connectivity index (χ2v) is 10.7. The number of hydrogen-bond acceptors (Lipinski definition) is 9. The first-order chi connectivity index (χ1) is 16.8. The lowest BCUT2D eigenvalue weighted by atomic mass is 9.79. The van der Waals surface area contributed by atoms with Gasteiger partial charge in [0.1, 0.15) is 23.9 Å². The Morgan fingerprint density at radius 1 is 1.34 bits per heavy atom. The summed E-state index contributed by atoms with van der Waals surface area (Å²) in [6.07, 6.45) is 2.64. The van der Waals surface area contributed by atoms with Crippen LogP contribution in [0.4, 0.5) is 4.79 Å². The lowest BCUT2D eigenvalue weighted by Crippen LogP contribution is -2.63. The summed E-state index contributed by atoms with van der Waals surface area (Å²) in [5.41, 5.74) is 0.225. The Morgan fingerprint density at radius 2 is 2.06 bits per heavy atom. The third-order valence-corrected chi connectivity index (χ3v) is 8.83. The molecule has 9 nitrogen and oxygen atoms in total. The number of thiazole rings is 1. The Labute approximate surface area is 212 Å². The second kappa shape index (κ2) is 10.5. The monoisotopic (exact) mass is 519 g/mol. The molecule has 0 aromatic carbocycles. The normalized spacial score (nSPS) is 26.3. The van der Waals surface area contributed by atoms with Crippen molar-refractivity contribution in [1.82, 2.24) is 14.8 Å². The van der Waals surface area contributed by atoms with Gasteiger partial charge in [0.15, 0.2) is 0 Å². The number of esters is 1. The molecule has 1 N–H and O–H groups in total. The molecule has 0 saturated carbocycles. The molecule has 0 aliphatic carbocycles. The largest absolute Gasteiger partial charge is 0.457 e. The average molecular weight is 520 g/mol. The maximum atomic E-state index is 12.9. The van der Waals surface area contributed by atoms with Crippen LogP contribution in [0.2, 0.25) is 0 Å². The molecular weight excluding hydrogens is 490 g/mol. The summed E-state index contributed by atoms with van der Waals surface area (Å²) in [7, 11) is 0. The van der Waals surface area contributed by atoms with Crippen LogP contribution in [0, 0.1) is 11.8 Å². The van der Waals surface area contributed by atoms with Crippen molar-refractivity contribution < 1.29 is 29.0 Å². The van der Waals surface area contributed by atoms with Crippen molar-refractivity contribution in [3.63, 3.8) is 0 Å². The van der Waals surface area contributed by atoms with Gasteiger partial charge >= 0.3 is 12.1 Å². The number of aliphatic hydroxyl groups excluding tert-OH is 1. The minimum absolute atomic E-state index is 0.0372. The summed E-state index contributed by atoms with van der Waals surface area (Å²) >= 11 is 2.86. The van der Waals surface area contributed by atoms with Crippen molar-refractivity contribution in [2.24, 2.45) is 11.8 Å². The maximum Gasteiger partial charge on any atom is 0.410 e. The number of carbonyl (C=O) groups excluding carboxylic acids is 3. The molecular formula is C24H29N3O6S2. The molecule has 2 fully saturated rings. The predicted molar refractivity (Wildman–Crippen MR) is 132 cm³/mol. The summed E-state index contributed by atoms with van der Waals surface area (Å²) in [4.78, 5) is 46.4. The molecule has 2 amide bonds. The number of nitrogens with zero attached hydrogens (tertiary/aromatic N) is 3. The van der Waals surface area contributed by atoms with Crippen LogP contribution in [0.3, 0.4) is 0 Å². The lowest BCUT2D eigenvalue weighted by molar-refractivity contribution is -0.164. The van der Waals surface area contributed by atoms with E-state index >= 15 is 0 Å². The molecule has 0 unspecified atom stereocenters. The molecule has 0 spiro atoms. The Kier molecular flexibility index (Phi) is 7.67. The highest BCUT2D eigenvalue weighted by Crippen LogP contribution is 2.52. The number of likely N-dealkylation sites (tertiary alicyclic amines) is 1. The predicted octanol–water partition coefficient (Wildman–Crippen LogP) is 3.15. The number of rotatable bonds is 9. The molecule has 0 radical (unpaired) electrons. The van der Waals surface area contributed by atoms with Gasteiger partial charge in [-0.25, -0.2) is 14.6 Å². The van der Waals surface area contributed by atoms with Crippen molar-refractivity contribution in [2.75, 3.05) is 26.3 Å². The van der Waals surface area contributed by atoms with E-state index in [1.54, 1.807) is 11.8 Å². The van der Waals surface area contributed by atoms with E-state index in [4.69, 9.17) is 14.5 Å². The van der Waals surface area contributed by atoms with E-state index in [1.807, 2.05) is 12.3 Å². The second-order valence-electron chi connectivity index (χ2n) is 8.78. The van der Waals surface area contributed by atoms with Gasteiger partial charge in [0.05, 0.1) is 23.1 Å². The fraction of sp³-hybridized carbons (Fsp3) is 0.500. The highest BCUT2D eigenvalue weighted by Gasteiger charge is 2.60. The highest BCUT2D eigenvalue weighted by molar-refractivity contribution is 8.03. The van der Waals surface area contributed by atoms with Crippen LogP contribution in [0.5, 0.6) is 0 Å². The zero-order valence-corrected chi connectivity index (χ0v) is 21.3. The van der Waals surface area contributed by atoms with E-state index < -0.39 is 18.0 Å². The van der Waals surface area contributed by atoms with E-state index in [2.05, 4.69) is 13.2 Å². The maximum absolute atomic E-state index is 12.9. The van der Waals surface area contributed by atoms with Gasteiger partial charge in [0.25, 0.3) is 0 Å². The molecule has 188 valence electrons.